The Bertz CT molecular complexity index is 407. The van der Waals surface area contributed by atoms with Crippen LogP contribution in [-0.4, -0.2) is 25.6 Å². The first-order chi connectivity index (χ1) is 8.76. The second kappa shape index (κ2) is 6.72. The number of hydrogen-bond acceptors (Lipinski definition) is 3. The number of hydrogen-bond donors (Lipinski definition) is 1. The van der Waals surface area contributed by atoms with E-state index in [4.69, 9.17) is 10.5 Å². The van der Waals surface area contributed by atoms with Crippen LogP contribution >= 0.6 is 0 Å². The van der Waals surface area contributed by atoms with Crippen LogP contribution in [0.25, 0.3) is 0 Å². The Morgan fingerprint density at radius 1 is 1.21 bits per heavy atom. The maximum Gasteiger partial charge on any atom is 0.522 e. The summed E-state index contributed by atoms with van der Waals surface area (Å²) < 4.78 is 56.9. The van der Waals surface area contributed by atoms with Gasteiger partial charge in [0.15, 0.2) is 0 Å². The molecule has 0 fully saturated rings. The highest BCUT2D eigenvalue weighted by Gasteiger charge is 2.28. The molecule has 2 N–H and O–H groups in total. The fourth-order valence-corrected chi connectivity index (χ4v) is 1.51. The van der Waals surface area contributed by atoms with E-state index < -0.39 is 18.8 Å². The summed E-state index contributed by atoms with van der Waals surface area (Å²) in [4.78, 5) is 0. The van der Waals surface area contributed by atoms with Gasteiger partial charge in [0.2, 0.25) is 0 Å². The van der Waals surface area contributed by atoms with E-state index in [2.05, 4.69) is 4.74 Å². The summed E-state index contributed by atoms with van der Waals surface area (Å²) in [6.45, 7) is 0.797. The SMILES string of the molecule is CC(N)Cc1cc(F)cc(OCCOC(F)(F)F)c1. The summed E-state index contributed by atoms with van der Waals surface area (Å²) in [6, 6.07) is 3.80. The number of ether oxygens (including phenoxy) is 2. The molecule has 3 nitrogen and oxygen atoms in total. The van der Waals surface area contributed by atoms with E-state index in [-0.39, 0.29) is 18.4 Å². The largest absolute Gasteiger partial charge is 0.522 e. The predicted octanol–water partition coefficient (Wildman–Crippen LogP) is 2.63. The molecule has 0 heterocycles. The third kappa shape index (κ3) is 6.97. The topological polar surface area (TPSA) is 44.5 Å². The third-order valence-corrected chi connectivity index (χ3v) is 2.11. The molecule has 0 spiro atoms. The lowest BCUT2D eigenvalue weighted by Gasteiger charge is -2.11. The average molecular weight is 281 g/mol. The Morgan fingerprint density at radius 3 is 2.47 bits per heavy atom. The van der Waals surface area contributed by atoms with E-state index in [0.717, 1.165) is 6.07 Å². The minimum absolute atomic E-state index is 0.150. The molecule has 1 rings (SSSR count). The molecule has 19 heavy (non-hydrogen) atoms. The van der Waals surface area contributed by atoms with Gasteiger partial charge in [-0.15, -0.1) is 13.2 Å². The second-order valence-electron chi connectivity index (χ2n) is 4.12. The minimum atomic E-state index is -4.69. The van der Waals surface area contributed by atoms with Crippen molar-refractivity contribution in [2.24, 2.45) is 5.73 Å². The lowest BCUT2D eigenvalue weighted by atomic mass is 10.1. The summed E-state index contributed by atoms with van der Waals surface area (Å²) >= 11 is 0. The van der Waals surface area contributed by atoms with Gasteiger partial charge in [-0.2, -0.15) is 0 Å². The first kappa shape index (κ1) is 15.7. The molecule has 0 saturated carbocycles. The van der Waals surface area contributed by atoms with Crippen LogP contribution in [0.15, 0.2) is 18.2 Å². The Balaban J connectivity index is 2.51. The standard InChI is InChI=1S/C12H15F4NO2/c1-8(17)4-9-5-10(13)7-11(6-9)18-2-3-19-12(14,15)16/h5-8H,2-4,17H2,1H3. The Morgan fingerprint density at radius 2 is 1.89 bits per heavy atom. The summed E-state index contributed by atoms with van der Waals surface area (Å²) in [5.41, 5.74) is 6.21. The third-order valence-electron chi connectivity index (χ3n) is 2.11. The van der Waals surface area contributed by atoms with E-state index in [1.165, 1.54) is 6.07 Å². The second-order valence-corrected chi connectivity index (χ2v) is 4.12. The zero-order chi connectivity index (χ0) is 14.5. The molecule has 1 aromatic rings. The van der Waals surface area contributed by atoms with Crippen LogP contribution in [-0.2, 0) is 11.2 Å². The van der Waals surface area contributed by atoms with E-state index in [1.54, 1.807) is 13.0 Å². The van der Waals surface area contributed by atoms with Gasteiger partial charge < -0.3 is 10.5 Å². The van der Waals surface area contributed by atoms with E-state index in [1.807, 2.05) is 0 Å². The predicted molar refractivity (Wildman–Crippen MR) is 61.3 cm³/mol. The van der Waals surface area contributed by atoms with E-state index >= 15 is 0 Å². The molecule has 0 aliphatic rings. The van der Waals surface area contributed by atoms with Gasteiger partial charge in [-0.25, -0.2) is 4.39 Å². The quantitative estimate of drug-likeness (QED) is 0.644. The van der Waals surface area contributed by atoms with Gasteiger partial charge in [0.05, 0.1) is 6.61 Å². The molecular formula is C12H15F4NO2. The van der Waals surface area contributed by atoms with Crippen LogP contribution in [0, 0.1) is 5.82 Å². The highest BCUT2D eigenvalue weighted by Crippen LogP contribution is 2.19. The maximum atomic E-state index is 13.2. The summed E-state index contributed by atoms with van der Waals surface area (Å²) in [7, 11) is 0. The van der Waals surface area contributed by atoms with Crippen LogP contribution in [0.1, 0.15) is 12.5 Å². The Kier molecular flexibility index (Phi) is 5.56. The van der Waals surface area contributed by atoms with E-state index in [0.29, 0.717) is 12.0 Å². The molecule has 108 valence electrons. The molecule has 7 heteroatoms. The monoisotopic (exact) mass is 281 g/mol. The van der Waals surface area contributed by atoms with Crippen molar-refractivity contribution in [2.45, 2.75) is 25.7 Å². The molecule has 0 aliphatic heterocycles. The maximum absolute atomic E-state index is 13.2. The molecule has 1 unspecified atom stereocenters. The van der Waals surface area contributed by atoms with E-state index in [9.17, 15) is 17.6 Å². The zero-order valence-electron chi connectivity index (χ0n) is 10.3. The van der Waals surface area contributed by atoms with Gasteiger partial charge in [-0.05, 0) is 31.0 Å². The van der Waals surface area contributed by atoms with Gasteiger partial charge in [0, 0.05) is 12.1 Å². The Labute approximate surface area is 108 Å². The number of benzene rings is 1. The van der Waals surface area contributed by atoms with Gasteiger partial charge in [-0.1, -0.05) is 0 Å². The molecule has 0 amide bonds. The fourth-order valence-electron chi connectivity index (χ4n) is 1.51. The summed E-state index contributed by atoms with van der Waals surface area (Å²) in [5.74, 6) is -0.369. The molecule has 1 aromatic carbocycles. The lowest BCUT2D eigenvalue weighted by molar-refractivity contribution is -0.325. The molecule has 0 bridgehead atoms. The molecule has 0 radical (unpaired) electrons. The fraction of sp³-hybridized carbons (Fsp3) is 0.500. The van der Waals surface area contributed by atoms with Crippen LogP contribution in [0.2, 0.25) is 0 Å². The van der Waals surface area contributed by atoms with Crippen molar-refractivity contribution in [3.8, 4) is 5.75 Å². The lowest BCUT2D eigenvalue weighted by Crippen LogP contribution is -2.19. The first-order valence-corrected chi connectivity index (χ1v) is 5.65. The van der Waals surface area contributed by atoms with Gasteiger partial charge in [0.25, 0.3) is 0 Å². The van der Waals surface area contributed by atoms with Crippen LogP contribution in [0.3, 0.4) is 0 Å². The summed E-state index contributed by atoms with van der Waals surface area (Å²) in [6.07, 6.45) is -4.24. The van der Waals surface area contributed by atoms with Crippen molar-refractivity contribution >= 4 is 0 Å². The van der Waals surface area contributed by atoms with Crippen molar-refractivity contribution in [1.82, 2.24) is 0 Å². The van der Waals surface area contributed by atoms with Crippen molar-refractivity contribution in [2.75, 3.05) is 13.2 Å². The highest BCUT2D eigenvalue weighted by molar-refractivity contribution is 5.30. The van der Waals surface area contributed by atoms with Crippen molar-refractivity contribution in [3.05, 3.63) is 29.6 Å². The van der Waals surface area contributed by atoms with Crippen molar-refractivity contribution in [1.29, 1.82) is 0 Å². The van der Waals surface area contributed by atoms with Gasteiger partial charge >= 0.3 is 6.36 Å². The number of halogens is 4. The molecular weight excluding hydrogens is 266 g/mol. The summed E-state index contributed by atoms with van der Waals surface area (Å²) in [5, 5.41) is 0. The van der Waals surface area contributed by atoms with Crippen molar-refractivity contribution < 1.29 is 27.0 Å². The van der Waals surface area contributed by atoms with Crippen LogP contribution < -0.4 is 10.5 Å². The van der Waals surface area contributed by atoms with Gasteiger partial charge in [-0.3, -0.25) is 4.74 Å². The molecule has 1 atom stereocenters. The normalized spacial score (nSPS) is 13.4. The van der Waals surface area contributed by atoms with Crippen LogP contribution in [0.4, 0.5) is 17.6 Å². The molecule has 0 aromatic heterocycles. The molecule has 0 saturated heterocycles. The van der Waals surface area contributed by atoms with Crippen LogP contribution in [0.5, 0.6) is 5.75 Å². The number of nitrogens with two attached hydrogens (primary N) is 1. The highest BCUT2D eigenvalue weighted by atomic mass is 19.4. The van der Waals surface area contributed by atoms with Crippen molar-refractivity contribution in [3.63, 3.8) is 0 Å². The minimum Gasteiger partial charge on any atom is -0.491 e. The zero-order valence-corrected chi connectivity index (χ0v) is 10.3. The molecule has 0 aliphatic carbocycles. The van der Waals surface area contributed by atoms with Gasteiger partial charge in [0.1, 0.15) is 18.2 Å². The number of rotatable bonds is 6. The average Bonchev–Trinajstić information content (AvgIpc) is 2.21. The first-order valence-electron chi connectivity index (χ1n) is 5.65. The number of alkyl halides is 3. The Hall–Kier alpha value is -1.34. The smallest absolute Gasteiger partial charge is 0.491 e.